The Balaban J connectivity index is 2.32. The zero-order valence-corrected chi connectivity index (χ0v) is 13.2. The Bertz CT molecular complexity index is 768. The summed E-state index contributed by atoms with van der Waals surface area (Å²) < 4.78 is 31.8. The van der Waals surface area contributed by atoms with Gasteiger partial charge in [0.05, 0.1) is 5.56 Å². The monoisotopic (exact) mass is 313 g/mol. The summed E-state index contributed by atoms with van der Waals surface area (Å²) in [5.74, 6) is 0.356. The van der Waals surface area contributed by atoms with Gasteiger partial charge in [0.25, 0.3) is 15.9 Å². The van der Waals surface area contributed by atoms with Crippen LogP contribution in [0.1, 0.15) is 32.3 Å². The van der Waals surface area contributed by atoms with Crippen molar-refractivity contribution in [3.8, 4) is 0 Å². The van der Waals surface area contributed by atoms with Gasteiger partial charge in [0.1, 0.15) is 15.7 Å². The minimum absolute atomic E-state index is 0.124. The molecule has 0 atom stereocenters. The summed E-state index contributed by atoms with van der Waals surface area (Å²) >= 11 is 1.12. The fourth-order valence-corrected chi connectivity index (χ4v) is 4.15. The maximum Gasteiger partial charge on any atom is 0.273 e. The average Bonchev–Trinajstić information content (AvgIpc) is 2.84. The minimum atomic E-state index is -3.83. The third-order valence-electron chi connectivity index (χ3n) is 3.00. The van der Waals surface area contributed by atoms with Crippen LogP contribution >= 0.6 is 11.3 Å². The summed E-state index contributed by atoms with van der Waals surface area (Å²) in [6.45, 7) is 6.90. The van der Waals surface area contributed by atoms with Crippen molar-refractivity contribution in [3.05, 3.63) is 39.7 Å². The molecule has 2 heterocycles. The van der Waals surface area contributed by atoms with Crippen LogP contribution < -0.4 is 4.72 Å². The van der Waals surface area contributed by atoms with Crippen LogP contribution in [0.3, 0.4) is 0 Å². The van der Waals surface area contributed by atoms with E-state index in [-0.39, 0.29) is 9.77 Å². The summed E-state index contributed by atoms with van der Waals surface area (Å²) in [7, 11) is -3.83. The lowest BCUT2D eigenvalue weighted by molar-refractivity contribution is 0.0979. The van der Waals surface area contributed by atoms with Crippen LogP contribution in [-0.4, -0.2) is 14.3 Å². The molecule has 0 saturated carbocycles. The average molecular weight is 313 g/mol. The predicted molar refractivity (Wildman–Crippen MR) is 76.6 cm³/mol. The molecule has 0 aliphatic rings. The zero-order chi connectivity index (χ0) is 15.1. The highest BCUT2D eigenvalue weighted by Gasteiger charge is 2.25. The molecule has 7 heteroatoms. The second kappa shape index (κ2) is 5.06. The summed E-state index contributed by atoms with van der Waals surface area (Å²) in [6, 6.07) is 3.18. The molecule has 0 saturated heterocycles. The van der Waals surface area contributed by atoms with Gasteiger partial charge in [-0.3, -0.25) is 4.79 Å². The van der Waals surface area contributed by atoms with Crippen LogP contribution in [0.4, 0.5) is 0 Å². The largest absolute Gasteiger partial charge is 0.466 e. The number of amides is 1. The summed E-state index contributed by atoms with van der Waals surface area (Å²) in [5.41, 5.74) is 0.928. The van der Waals surface area contributed by atoms with Gasteiger partial charge in [0, 0.05) is 10.4 Å². The molecule has 0 aromatic carbocycles. The Morgan fingerprint density at radius 3 is 2.25 bits per heavy atom. The molecule has 0 unspecified atom stereocenters. The number of nitrogens with one attached hydrogen (secondary N) is 1. The SMILES string of the molecule is Cc1ccc(S(=O)(=O)NC(=O)c2c(C)oc(C)c2C)s1. The van der Waals surface area contributed by atoms with E-state index in [1.54, 1.807) is 33.8 Å². The smallest absolute Gasteiger partial charge is 0.273 e. The quantitative estimate of drug-likeness (QED) is 0.945. The van der Waals surface area contributed by atoms with Crippen LogP contribution in [0.2, 0.25) is 0 Å². The van der Waals surface area contributed by atoms with Crippen molar-refractivity contribution in [2.75, 3.05) is 0 Å². The normalized spacial score (nSPS) is 11.6. The number of thiophene rings is 1. The highest BCUT2D eigenvalue weighted by molar-refractivity contribution is 7.92. The fraction of sp³-hybridized carbons (Fsp3) is 0.308. The minimum Gasteiger partial charge on any atom is -0.466 e. The highest BCUT2D eigenvalue weighted by Crippen LogP contribution is 2.23. The third kappa shape index (κ3) is 2.64. The molecule has 1 amide bonds. The van der Waals surface area contributed by atoms with Crippen LogP contribution in [-0.2, 0) is 10.0 Å². The molecule has 2 aromatic rings. The van der Waals surface area contributed by atoms with Crippen LogP contribution in [0.15, 0.2) is 20.8 Å². The lowest BCUT2D eigenvalue weighted by Gasteiger charge is -2.05. The van der Waals surface area contributed by atoms with Crippen LogP contribution in [0.5, 0.6) is 0 Å². The summed E-state index contributed by atoms with van der Waals surface area (Å²) in [5, 5.41) is 0. The van der Waals surface area contributed by atoms with Gasteiger partial charge < -0.3 is 4.42 Å². The van der Waals surface area contributed by atoms with Crippen molar-refractivity contribution in [1.29, 1.82) is 0 Å². The Morgan fingerprint density at radius 2 is 1.80 bits per heavy atom. The maximum absolute atomic E-state index is 12.1. The number of hydrogen-bond acceptors (Lipinski definition) is 5. The molecular weight excluding hydrogens is 298 g/mol. The number of rotatable bonds is 3. The fourth-order valence-electron chi connectivity index (χ4n) is 1.91. The Hall–Kier alpha value is -1.60. The second-order valence-electron chi connectivity index (χ2n) is 4.51. The molecule has 0 radical (unpaired) electrons. The zero-order valence-electron chi connectivity index (χ0n) is 11.6. The first-order valence-corrected chi connectivity index (χ1v) is 8.22. The lowest BCUT2D eigenvalue weighted by atomic mass is 10.1. The van der Waals surface area contributed by atoms with Crippen molar-refractivity contribution < 1.29 is 17.6 Å². The molecule has 0 aliphatic heterocycles. The molecule has 2 aromatic heterocycles. The standard InChI is InChI=1S/C13H15NO4S2/c1-7-5-6-11(19-7)20(16,17)14-13(15)12-8(2)9(3)18-10(12)4/h5-6H,1-4H3,(H,14,15). The predicted octanol–water partition coefficient (Wildman–Crippen LogP) is 2.69. The lowest BCUT2D eigenvalue weighted by Crippen LogP contribution is -2.30. The van der Waals surface area contributed by atoms with Crippen molar-refractivity contribution in [3.63, 3.8) is 0 Å². The maximum atomic E-state index is 12.1. The third-order valence-corrected chi connectivity index (χ3v) is 5.82. The van der Waals surface area contributed by atoms with Gasteiger partial charge in [-0.05, 0) is 39.8 Å². The topological polar surface area (TPSA) is 76.4 Å². The van der Waals surface area contributed by atoms with E-state index in [4.69, 9.17) is 4.42 Å². The highest BCUT2D eigenvalue weighted by atomic mass is 32.2. The van der Waals surface area contributed by atoms with E-state index in [1.165, 1.54) is 6.07 Å². The van der Waals surface area contributed by atoms with Gasteiger partial charge in [-0.1, -0.05) is 0 Å². The van der Waals surface area contributed by atoms with Gasteiger partial charge in [0.15, 0.2) is 0 Å². The molecule has 0 bridgehead atoms. The number of aryl methyl sites for hydroxylation is 3. The Kier molecular flexibility index (Phi) is 3.75. The van der Waals surface area contributed by atoms with Crippen LogP contribution in [0.25, 0.3) is 0 Å². The van der Waals surface area contributed by atoms with Gasteiger partial charge in [-0.25, -0.2) is 13.1 Å². The summed E-state index contributed by atoms with van der Waals surface area (Å²) in [6.07, 6.45) is 0. The van der Waals surface area contributed by atoms with Crippen molar-refractivity contribution in [1.82, 2.24) is 4.72 Å². The first-order valence-electron chi connectivity index (χ1n) is 5.92. The van der Waals surface area contributed by atoms with E-state index in [9.17, 15) is 13.2 Å². The van der Waals surface area contributed by atoms with Crippen molar-refractivity contribution >= 4 is 27.3 Å². The second-order valence-corrected chi connectivity index (χ2v) is 7.71. The van der Waals surface area contributed by atoms with Gasteiger partial charge in [0.2, 0.25) is 0 Å². The first kappa shape index (κ1) is 14.8. The molecule has 5 nitrogen and oxygen atoms in total. The number of sulfonamides is 1. The first-order chi connectivity index (χ1) is 9.22. The van der Waals surface area contributed by atoms with E-state index in [0.29, 0.717) is 17.1 Å². The van der Waals surface area contributed by atoms with E-state index in [0.717, 1.165) is 16.2 Å². The molecule has 1 N–H and O–H groups in total. The van der Waals surface area contributed by atoms with E-state index in [1.807, 2.05) is 0 Å². The van der Waals surface area contributed by atoms with E-state index >= 15 is 0 Å². The van der Waals surface area contributed by atoms with E-state index in [2.05, 4.69) is 4.72 Å². The van der Waals surface area contributed by atoms with Gasteiger partial charge in [-0.2, -0.15) is 0 Å². The molecule has 20 heavy (non-hydrogen) atoms. The van der Waals surface area contributed by atoms with Crippen LogP contribution in [0, 0.1) is 27.7 Å². The summed E-state index contributed by atoms with van der Waals surface area (Å²) in [4.78, 5) is 13.0. The molecule has 0 spiro atoms. The van der Waals surface area contributed by atoms with Gasteiger partial charge in [-0.15, -0.1) is 11.3 Å². The van der Waals surface area contributed by atoms with Gasteiger partial charge >= 0.3 is 0 Å². The van der Waals surface area contributed by atoms with Crippen molar-refractivity contribution in [2.24, 2.45) is 0 Å². The number of hydrogen-bond donors (Lipinski definition) is 1. The molecular formula is C13H15NO4S2. The Morgan fingerprint density at radius 1 is 1.15 bits per heavy atom. The van der Waals surface area contributed by atoms with Crippen molar-refractivity contribution in [2.45, 2.75) is 31.9 Å². The molecule has 2 rings (SSSR count). The molecule has 108 valence electrons. The molecule has 0 fully saturated rings. The number of furan rings is 1. The number of carbonyl (C=O) groups is 1. The Labute approximate surface area is 121 Å². The molecule has 0 aliphatic carbocycles. The number of carbonyl (C=O) groups excluding carboxylic acids is 1. The van der Waals surface area contributed by atoms with E-state index < -0.39 is 15.9 Å².